The van der Waals surface area contributed by atoms with E-state index >= 15 is 0 Å². The highest BCUT2D eigenvalue weighted by Crippen LogP contribution is 2.42. The van der Waals surface area contributed by atoms with Gasteiger partial charge in [0.15, 0.2) is 0 Å². The number of hydrogen-bond donors (Lipinski definition) is 0. The molecule has 114 valence electrons. The van der Waals surface area contributed by atoms with Gasteiger partial charge < -0.3 is 9.15 Å². The van der Waals surface area contributed by atoms with Crippen molar-refractivity contribution in [3.05, 3.63) is 35.7 Å². The molecule has 2 aromatic rings. The Balaban J connectivity index is 2.45. The molecule has 0 bridgehead atoms. The number of benzene rings is 1. The lowest BCUT2D eigenvalue weighted by molar-refractivity contribution is 0.405. The summed E-state index contributed by atoms with van der Waals surface area (Å²) in [6, 6.07) is 7.82. The summed E-state index contributed by atoms with van der Waals surface area (Å²) in [6.45, 7) is 8.78. The summed E-state index contributed by atoms with van der Waals surface area (Å²) in [7, 11) is 1.66. The maximum Gasteiger partial charge on any atom is 0.226 e. The van der Waals surface area contributed by atoms with Crippen LogP contribution < -0.4 is 4.74 Å². The third-order valence-corrected chi connectivity index (χ3v) is 5.82. The van der Waals surface area contributed by atoms with Gasteiger partial charge in [0.2, 0.25) is 5.89 Å². The quantitative estimate of drug-likeness (QED) is 0.508. The second kappa shape index (κ2) is 6.38. The minimum Gasteiger partial charge on any atom is -0.497 e. The average Bonchev–Trinajstić information content (AvgIpc) is 2.89. The van der Waals surface area contributed by atoms with Crippen LogP contribution in [0.2, 0.25) is 0 Å². The van der Waals surface area contributed by atoms with E-state index in [1.165, 1.54) is 0 Å². The second-order valence-electron chi connectivity index (χ2n) is 6.14. The van der Waals surface area contributed by atoms with Gasteiger partial charge in [-0.2, -0.15) is 0 Å². The van der Waals surface area contributed by atoms with Gasteiger partial charge in [-0.15, -0.1) is 0 Å². The lowest BCUT2D eigenvalue weighted by atomic mass is 9.90. The lowest BCUT2D eigenvalue weighted by Crippen LogP contribution is -2.14. The number of oxazole rings is 1. The molecule has 3 nitrogen and oxygen atoms in total. The SMILES string of the molecule is CCc1oc(-c2cccc(OC)c2)nc1C(I)C(C)(C)C. The number of halogens is 1. The first-order chi connectivity index (χ1) is 9.86. The molecule has 1 aromatic heterocycles. The van der Waals surface area contributed by atoms with E-state index in [1.807, 2.05) is 24.3 Å². The number of ether oxygens (including phenoxy) is 1. The van der Waals surface area contributed by atoms with Gasteiger partial charge in [-0.25, -0.2) is 4.98 Å². The zero-order valence-electron chi connectivity index (χ0n) is 13.2. The van der Waals surface area contributed by atoms with Crippen LogP contribution in [0.3, 0.4) is 0 Å². The number of hydrogen-bond acceptors (Lipinski definition) is 3. The van der Waals surface area contributed by atoms with Crippen molar-refractivity contribution in [2.75, 3.05) is 7.11 Å². The molecule has 0 amide bonds. The van der Waals surface area contributed by atoms with Crippen molar-refractivity contribution in [2.45, 2.75) is 38.0 Å². The summed E-state index contributed by atoms with van der Waals surface area (Å²) in [4.78, 5) is 4.76. The summed E-state index contributed by atoms with van der Waals surface area (Å²) in [5.74, 6) is 2.46. The number of aromatic nitrogens is 1. The van der Waals surface area contributed by atoms with Crippen molar-refractivity contribution in [3.8, 4) is 17.2 Å². The molecule has 2 rings (SSSR count). The molecule has 0 aliphatic carbocycles. The smallest absolute Gasteiger partial charge is 0.226 e. The summed E-state index contributed by atoms with van der Waals surface area (Å²) in [5.41, 5.74) is 2.16. The molecule has 1 atom stereocenters. The lowest BCUT2D eigenvalue weighted by Gasteiger charge is -2.24. The van der Waals surface area contributed by atoms with E-state index in [1.54, 1.807) is 7.11 Å². The van der Waals surface area contributed by atoms with E-state index in [2.05, 4.69) is 50.3 Å². The normalized spacial score (nSPS) is 13.2. The van der Waals surface area contributed by atoms with Gasteiger partial charge in [0.1, 0.15) is 11.5 Å². The number of methoxy groups -OCH3 is 1. The van der Waals surface area contributed by atoms with Crippen molar-refractivity contribution in [1.82, 2.24) is 4.98 Å². The Labute approximate surface area is 140 Å². The van der Waals surface area contributed by atoms with Gasteiger partial charge in [-0.05, 0) is 23.6 Å². The molecule has 1 aromatic carbocycles. The highest BCUT2D eigenvalue weighted by molar-refractivity contribution is 14.1. The van der Waals surface area contributed by atoms with E-state index in [9.17, 15) is 0 Å². The topological polar surface area (TPSA) is 35.3 Å². The third-order valence-electron chi connectivity index (χ3n) is 3.37. The van der Waals surface area contributed by atoms with Crippen LogP contribution in [-0.2, 0) is 6.42 Å². The monoisotopic (exact) mass is 399 g/mol. The van der Waals surface area contributed by atoms with Crippen molar-refractivity contribution < 1.29 is 9.15 Å². The van der Waals surface area contributed by atoms with Crippen LogP contribution in [0, 0.1) is 5.41 Å². The Morgan fingerprint density at radius 1 is 1.33 bits per heavy atom. The summed E-state index contributed by atoms with van der Waals surface area (Å²) < 4.78 is 11.6. The molecule has 0 saturated carbocycles. The second-order valence-corrected chi connectivity index (χ2v) is 7.39. The highest BCUT2D eigenvalue weighted by atomic mass is 127. The number of aryl methyl sites for hydroxylation is 1. The summed E-state index contributed by atoms with van der Waals surface area (Å²) >= 11 is 2.46. The van der Waals surface area contributed by atoms with Gasteiger partial charge in [-0.3, -0.25) is 0 Å². The van der Waals surface area contributed by atoms with Crippen molar-refractivity contribution in [1.29, 1.82) is 0 Å². The molecule has 0 spiro atoms. The van der Waals surface area contributed by atoms with Crippen LogP contribution in [-0.4, -0.2) is 12.1 Å². The minimum atomic E-state index is 0.146. The predicted molar refractivity (Wildman–Crippen MR) is 94.1 cm³/mol. The molecule has 0 fully saturated rings. The van der Waals surface area contributed by atoms with Crippen LogP contribution in [0.4, 0.5) is 0 Å². The Morgan fingerprint density at radius 2 is 2.05 bits per heavy atom. The molecule has 0 radical (unpaired) electrons. The Morgan fingerprint density at radius 3 is 2.62 bits per heavy atom. The van der Waals surface area contributed by atoms with Crippen LogP contribution in [0.15, 0.2) is 28.7 Å². The van der Waals surface area contributed by atoms with Crippen molar-refractivity contribution >= 4 is 22.6 Å². The molecular formula is C17H22INO2. The minimum absolute atomic E-state index is 0.146. The van der Waals surface area contributed by atoms with Crippen LogP contribution in [0.5, 0.6) is 5.75 Å². The van der Waals surface area contributed by atoms with Gasteiger partial charge in [-0.1, -0.05) is 56.4 Å². The van der Waals surface area contributed by atoms with Crippen molar-refractivity contribution in [2.24, 2.45) is 5.41 Å². The average molecular weight is 399 g/mol. The van der Waals surface area contributed by atoms with Crippen LogP contribution >= 0.6 is 22.6 Å². The van der Waals surface area contributed by atoms with Crippen LogP contribution in [0.25, 0.3) is 11.5 Å². The first-order valence-electron chi connectivity index (χ1n) is 7.15. The Bertz CT molecular complexity index is 613. The molecule has 4 heteroatoms. The van der Waals surface area contributed by atoms with Crippen molar-refractivity contribution in [3.63, 3.8) is 0 Å². The molecule has 1 unspecified atom stereocenters. The molecule has 21 heavy (non-hydrogen) atoms. The number of alkyl halides is 1. The molecule has 1 heterocycles. The fourth-order valence-electron chi connectivity index (χ4n) is 2.10. The first-order valence-corrected chi connectivity index (χ1v) is 8.39. The van der Waals surface area contributed by atoms with Gasteiger partial charge in [0.25, 0.3) is 0 Å². The molecule has 0 aliphatic rings. The molecule has 0 saturated heterocycles. The largest absolute Gasteiger partial charge is 0.497 e. The predicted octanol–water partition coefficient (Wildman–Crippen LogP) is 5.43. The fraction of sp³-hybridized carbons (Fsp3) is 0.471. The Hall–Kier alpha value is -1.04. The standard InChI is InChI=1S/C17H22INO2/c1-6-13-14(15(18)17(2,3)4)19-16(21-13)11-8-7-9-12(10-11)20-5/h7-10,15H,6H2,1-5H3. The van der Waals surface area contributed by atoms with Gasteiger partial charge >= 0.3 is 0 Å². The highest BCUT2D eigenvalue weighted by Gasteiger charge is 2.29. The number of nitrogens with zero attached hydrogens (tertiary/aromatic N) is 1. The van der Waals surface area contributed by atoms with Gasteiger partial charge in [0.05, 0.1) is 16.7 Å². The third kappa shape index (κ3) is 3.59. The van der Waals surface area contributed by atoms with E-state index in [0.717, 1.165) is 29.2 Å². The Kier molecular flexibility index (Phi) is 4.96. The van der Waals surface area contributed by atoms with Crippen LogP contribution in [0.1, 0.15) is 43.1 Å². The van der Waals surface area contributed by atoms with E-state index in [0.29, 0.717) is 9.82 Å². The number of rotatable bonds is 4. The van der Waals surface area contributed by atoms with Gasteiger partial charge in [0, 0.05) is 12.0 Å². The van der Waals surface area contributed by atoms with E-state index in [4.69, 9.17) is 14.1 Å². The molecule has 0 aliphatic heterocycles. The maximum atomic E-state index is 5.99. The molecule has 0 N–H and O–H groups in total. The maximum absolute atomic E-state index is 5.99. The summed E-state index contributed by atoms with van der Waals surface area (Å²) in [6.07, 6.45) is 0.849. The van der Waals surface area contributed by atoms with E-state index in [-0.39, 0.29) is 5.41 Å². The molecular weight excluding hydrogens is 377 g/mol. The van der Waals surface area contributed by atoms with E-state index < -0.39 is 0 Å². The zero-order chi connectivity index (χ0) is 15.6. The fourth-order valence-corrected chi connectivity index (χ4v) is 2.59. The summed E-state index contributed by atoms with van der Waals surface area (Å²) in [5, 5.41) is 0. The first kappa shape index (κ1) is 16.3. The zero-order valence-corrected chi connectivity index (χ0v) is 15.4.